The van der Waals surface area contributed by atoms with Crippen molar-refractivity contribution in [2.75, 3.05) is 0 Å². The molecule has 6 heteroatoms. The van der Waals surface area contributed by atoms with Gasteiger partial charge in [0.25, 0.3) is 5.19 Å². The smallest absolute Gasteiger partial charge is 0.349 e. The Kier molecular flexibility index (Phi) is 3.54. The number of halogens is 1. The van der Waals surface area contributed by atoms with E-state index in [2.05, 4.69) is 4.98 Å². The van der Waals surface area contributed by atoms with Crippen LogP contribution in [0.15, 0.2) is 18.2 Å². The molecule has 0 aliphatic heterocycles. The van der Waals surface area contributed by atoms with Gasteiger partial charge < -0.3 is 9.84 Å². The van der Waals surface area contributed by atoms with Crippen LogP contribution in [0.25, 0.3) is 0 Å². The first kappa shape index (κ1) is 12.9. The molecule has 0 unspecified atom stereocenters. The maximum absolute atomic E-state index is 10.8. The second-order valence-electron chi connectivity index (χ2n) is 3.83. The van der Waals surface area contributed by atoms with Gasteiger partial charge in [-0.05, 0) is 37.1 Å². The summed E-state index contributed by atoms with van der Waals surface area (Å²) in [7, 11) is 0. The number of hydrogen-bond donors (Lipinski definition) is 1. The molecule has 0 aliphatic carbocycles. The van der Waals surface area contributed by atoms with Crippen LogP contribution < -0.4 is 4.74 Å². The van der Waals surface area contributed by atoms with Crippen molar-refractivity contribution in [2.24, 2.45) is 0 Å². The van der Waals surface area contributed by atoms with E-state index in [-0.39, 0.29) is 15.2 Å². The number of carbonyl (C=O) groups is 1. The Bertz CT molecular complexity index is 589. The van der Waals surface area contributed by atoms with Gasteiger partial charge in [-0.15, -0.1) is 0 Å². The number of ether oxygens (including phenoxy) is 1. The molecule has 1 heterocycles. The van der Waals surface area contributed by atoms with E-state index in [9.17, 15) is 4.79 Å². The van der Waals surface area contributed by atoms with Gasteiger partial charge in [0.2, 0.25) is 0 Å². The van der Waals surface area contributed by atoms with Crippen molar-refractivity contribution in [2.45, 2.75) is 13.8 Å². The lowest BCUT2D eigenvalue weighted by molar-refractivity contribution is 0.0702. The molecule has 0 saturated heterocycles. The van der Waals surface area contributed by atoms with Crippen LogP contribution in [-0.2, 0) is 0 Å². The molecule has 0 radical (unpaired) electrons. The summed E-state index contributed by atoms with van der Waals surface area (Å²) in [6, 6.07) is 5.72. The number of nitrogens with zero attached hydrogens (tertiary/aromatic N) is 1. The summed E-state index contributed by atoms with van der Waals surface area (Å²) in [5, 5.41) is 9.04. The molecular weight excluding hydrogens is 274 g/mol. The Morgan fingerprint density at radius 3 is 2.44 bits per heavy atom. The van der Waals surface area contributed by atoms with Crippen LogP contribution in [-0.4, -0.2) is 16.1 Å². The fourth-order valence-electron chi connectivity index (χ4n) is 1.55. The van der Waals surface area contributed by atoms with Gasteiger partial charge in [0, 0.05) is 0 Å². The zero-order valence-electron chi connectivity index (χ0n) is 9.73. The van der Waals surface area contributed by atoms with Crippen molar-refractivity contribution in [1.29, 1.82) is 0 Å². The molecule has 1 aromatic carbocycles. The van der Waals surface area contributed by atoms with Crippen molar-refractivity contribution in [1.82, 2.24) is 4.98 Å². The lowest BCUT2D eigenvalue weighted by atomic mass is 10.1. The van der Waals surface area contributed by atoms with E-state index in [1.807, 2.05) is 32.0 Å². The number of carboxylic acids is 1. The monoisotopic (exact) mass is 283 g/mol. The lowest BCUT2D eigenvalue weighted by Gasteiger charge is -2.04. The zero-order chi connectivity index (χ0) is 13.3. The third kappa shape index (κ3) is 2.80. The molecule has 0 saturated carbocycles. The van der Waals surface area contributed by atoms with Gasteiger partial charge in [-0.3, -0.25) is 0 Å². The first-order valence-corrected chi connectivity index (χ1v) is 6.31. The molecule has 0 atom stereocenters. The molecule has 0 bridgehead atoms. The Morgan fingerprint density at radius 1 is 1.33 bits per heavy atom. The summed E-state index contributed by atoms with van der Waals surface area (Å²) in [6.45, 7) is 3.91. The number of benzene rings is 1. The van der Waals surface area contributed by atoms with Crippen molar-refractivity contribution in [3.63, 3.8) is 0 Å². The largest absolute Gasteiger partial charge is 0.477 e. The molecule has 1 N–H and O–H groups in total. The summed E-state index contributed by atoms with van der Waals surface area (Å²) in [4.78, 5) is 14.7. The zero-order valence-corrected chi connectivity index (χ0v) is 11.3. The number of aromatic nitrogens is 1. The molecule has 0 aliphatic rings. The first-order chi connectivity index (χ1) is 8.45. The maximum atomic E-state index is 10.8. The van der Waals surface area contributed by atoms with E-state index in [0.29, 0.717) is 5.75 Å². The number of aryl methyl sites for hydroxylation is 2. The molecule has 0 fully saturated rings. The molecule has 1 aromatic heterocycles. The van der Waals surface area contributed by atoms with Crippen molar-refractivity contribution in [3.8, 4) is 10.9 Å². The normalized spacial score (nSPS) is 10.4. The number of rotatable bonds is 3. The number of thiazole rings is 1. The van der Waals surface area contributed by atoms with Gasteiger partial charge in [-0.2, -0.15) is 4.98 Å². The van der Waals surface area contributed by atoms with E-state index >= 15 is 0 Å². The average molecular weight is 284 g/mol. The predicted octanol–water partition coefficient (Wildman–Crippen LogP) is 3.90. The Morgan fingerprint density at radius 2 is 1.94 bits per heavy atom. The summed E-state index contributed by atoms with van der Waals surface area (Å²) >= 11 is 6.62. The highest BCUT2D eigenvalue weighted by molar-refractivity contribution is 7.15. The predicted molar refractivity (Wildman–Crippen MR) is 70.1 cm³/mol. The van der Waals surface area contributed by atoms with Crippen LogP contribution in [0.5, 0.6) is 10.9 Å². The van der Waals surface area contributed by atoms with Gasteiger partial charge in [-0.1, -0.05) is 29.0 Å². The maximum Gasteiger partial charge on any atom is 0.349 e. The molecule has 94 valence electrons. The molecular formula is C12H10ClNO3S. The lowest BCUT2D eigenvalue weighted by Crippen LogP contribution is -1.91. The second-order valence-corrected chi connectivity index (χ2v) is 5.15. The summed E-state index contributed by atoms with van der Waals surface area (Å²) < 4.78 is 5.51. The highest BCUT2D eigenvalue weighted by Crippen LogP contribution is 2.32. The summed E-state index contributed by atoms with van der Waals surface area (Å²) in [5.41, 5.74) is 2.12. The SMILES string of the molecule is Cc1cc(C)cc(Oc2nc(Cl)c(C(=O)O)s2)c1. The first-order valence-electron chi connectivity index (χ1n) is 5.11. The van der Waals surface area contributed by atoms with E-state index < -0.39 is 5.97 Å². The molecule has 4 nitrogen and oxygen atoms in total. The van der Waals surface area contributed by atoms with E-state index in [0.717, 1.165) is 22.5 Å². The van der Waals surface area contributed by atoms with Crippen LogP contribution in [0.1, 0.15) is 20.8 Å². The van der Waals surface area contributed by atoms with Crippen molar-refractivity contribution < 1.29 is 14.6 Å². The van der Waals surface area contributed by atoms with Gasteiger partial charge in [0.05, 0.1) is 0 Å². The highest BCUT2D eigenvalue weighted by Gasteiger charge is 2.17. The number of hydrogen-bond acceptors (Lipinski definition) is 4. The van der Waals surface area contributed by atoms with Gasteiger partial charge in [0.15, 0.2) is 10.0 Å². The van der Waals surface area contributed by atoms with E-state index in [4.69, 9.17) is 21.4 Å². The fourth-order valence-corrected chi connectivity index (χ4v) is 2.54. The quantitative estimate of drug-likeness (QED) is 0.928. The van der Waals surface area contributed by atoms with Crippen LogP contribution in [0.4, 0.5) is 0 Å². The van der Waals surface area contributed by atoms with Crippen LogP contribution in [0.3, 0.4) is 0 Å². The molecule has 18 heavy (non-hydrogen) atoms. The van der Waals surface area contributed by atoms with Crippen molar-refractivity contribution in [3.05, 3.63) is 39.4 Å². The van der Waals surface area contributed by atoms with Crippen LogP contribution >= 0.6 is 22.9 Å². The summed E-state index contributed by atoms with van der Waals surface area (Å²) in [5.74, 6) is -0.484. The van der Waals surface area contributed by atoms with Crippen LogP contribution in [0, 0.1) is 13.8 Å². The minimum absolute atomic E-state index is 0.0176. The van der Waals surface area contributed by atoms with Gasteiger partial charge in [0.1, 0.15) is 5.75 Å². The second kappa shape index (κ2) is 4.96. The molecule has 2 rings (SSSR count). The molecule has 2 aromatic rings. The summed E-state index contributed by atoms with van der Waals surface area (Å²) in [6.07, 6.45) is 0. The minimum Gasteiger partial charge on any atom is -0.477 e. The topological polar surface area (TPSA) is 59.4 Å². The van der Waals surface area contributed by atoms with Gasteiger partial charge in [-0.25, -0.2) is 4.79 Å². The number of aromatic carboxylic acids is 1. The standard InChI is InChI=1S/C12H10ClNO3S/c1-6-3-7(2)5-8(4-6)17-12-14-10(13)9(18-12)11(15)16/h3-5H,1-2H3,(H,15,16). The Balaban J connectivity index is 2.28. The van der Waals surface area contributed by atoms with Crippen molar-refractivity contribution >= 4 is 28.9 Å². The Hall–Kier alpha value is -1.59. The number of carboxylic acid groups (broad SMARTS) is 1. The molecule has 0 amide bonds. The minimum atomic E-state index is -1.10. The Labute approximate surface area is 113 Å². The third-order valence-corrected chi connectivity index (χ3v) is 3.47. The molecule has 0 spiro atoms. The van der Waals surface area contributed by atoms with E-state index in [1.165, 1.54) is 0 Å². The van der Waals surface area contributed by atoms with Crippen LogP contribution in [0.2, 0.25) is 5.15 Å². The third-order valence-electron chi connectivity index (χ3n) is 2.16. The van der Waals surface area contributed by atoms with Gasteiger partial charge >= 0.3 is 5.97 Å². The van der Waals surface area contributed by atoms with E-state index in [1.54, 1.807) is 0 Å². The fraction of sp³-hybridized carbons (Fsp3) is 0.167. The average Bonchev–Trinajstić information content (AvgIpc) is 2.57. The highest BCUT2D eigenvalue weighted by atomic mass is 35.5.